The third kappa shape index (κ3) is 7.82. The largest absolute Gasteiger partial charge is 0.379 e. The summed E-state index contributed by atoms with van der Waals surface area (Å²) in [6.07, 6.45) is 3.67. The van der Waals surface area contributed by atoms with Crippen molar-refractivity contribution in [2.45, 2.75) is 26.2 Å². The van der Waals surface area contributed by atoms with Crippen molar-refractivity contribution in [2.24, 2.45) is 5.73 Å². The first kappa shape index (κ1) is 8.82. The van der Waals surface area contributed by atoms with Gasteiger partial charge in [-0.05, 0) is 6.42 Å². The molecule has 0 heterocycles. The molecule has 0 amide bonds. The van der Waals surface area contributed by atoms with Crippen LogP contribution in [0, 0.1) is 5.41 Å². The lowest BCUT2D eigenvalue weighted by Crippen LogP contribution is -2.04. The molecule has 54 valence electrons. The fourth-order valence-corrected chi connectivity index (χ4v) is 1.10. The Labute approximate surface area is 60.7 Å². The van der Waals surface area contributed by atoms with Crippen molar-refractivity contribution in [3.05, 3.63) is 0 Å². The summed E-state index contributed by atoms with van der Waals surface area (Å²) in [6.45, 7) is 2.17. The maximum Gasteiger partial charge on any atom is 0.151 e. The quantitative estimate of drug-likeness (QED) is 0.361. The highest BCUT2D eigenvalue weighted by Crippen LogP contribution is 2.03. The Morgan fingerprint density at radius 2 is 2.22 bits per heavy atom. The van der Waals surface area contributed by atoms with Gasteiger partial charge in [-0.25, -0.2) is 0 Å². The molecule has 0 atom stereocenters. The molecule has 0 aliphatic rings. The number of nitrogens with two attached hydrogens (primary N) is 1. The average Bonchev–Trinajstić information content (AvgIpc) is 1.80. The van der Waals surface area contributed by atoms with Crippen LogP contribution in [-0.2, 0) is 0 Å². The minimum absolute atomic E-state index is 0.242. The van der Waals surface area contributed by atoms with E-state index in [0.29, 0.717) is 0 Å². The Balaban J connectivity index is 2.83. The molecule has 0 saturated heterocycles. The number of amidine groups is 1. The van der Waals surface area contributed by atoms with Crippen LogP contribution in [0.2, 0.25) is 0 Å². The van der Waals surface area contributed by atoms with Crippen LogP contribution in [0.4, 0.5) is 0 Å². The van der Waals surface area contributed by atoms with Crippen molar-refractivity contribution in [1.82, 2.24) is 0 Å². The van der Waals surface area contributed by atoms with E-state index in [1.807, 2.05) is 0 Å². The molecule has 9 heavy (non-hydrogen) atoms. The van der Waals surface area contributed by atoms with E-state index in [0.717, 1.165) is 5.75 Å². The number of unbranched alkanes of at least 4 members (excludes halogenated alkanes) is 2. The molecule has 0 unspecified atom stereocenters. The van der Waals surface area contributed by atoms with Gasteiger partial charge in [0.2, 0.25) is 0 Å². The van der Waals surface area contributed by atoms with Gasteiger partial charge in [-0.1, -0.05) is 31.5 Å². The predicted octanol–water partition coefficient (Wildman–Crippen LogP) is 1.80. The summed E-state index contributed by atoms with van der Waals surface area (Å²) >= 11 is 1.43. The third-order valence-corrected chi connectivity index (χ3v) is 1.81. The van der Waals surface area contributed by atoms with Gasteiger partial charge >= 0.3 is 0 Å². The van der Waals surface area contributed by atoms with Crippen LogP contribution in [0.15, 0.2) is 0 Å². The highest BCUT2D eigenvalue weighted by atomic mass is 32.2. The van der Waals surface area contributed by atoms with E-state index in [1.54, 1.807) is 0 Å². The van der Waals surface area contributed by atoms with Gasteiger partial charge in [0.1, 0.15) is 0 Å². The smallest absolute Gasteiger partial charge is 0.151 e. The molecule has 0 fully saturated rings. The summed E-state index contributed by atoms with van der Waals surface area (Å²) in [4.78, 5) is 0. The van der Waals surface area contributed by atoms with Crippen LogP contribution >= 0.6 is 11.8 Å². The Hall–Kier alpha value is -0.180. The van der Waals surface area contributed by atoms with Crippen molar-refractivity contribution in [3.63, 3.8) is 0 Å². The first-order chi connectivity index (χ1) is 4.27. The van der Waals surface area contributed by atoms with E-state index >= 15 is 0 Å². The van der Waals surface area contributed by atoms with Crippen LogP contribution in [0.5, 0.6) is 0 Å². The first-order valence-electron chi connectivity index (χ1n) is 3.24. The van der Waals surface area contributed by atoms with Crippen molar-refractivity contribution >= 4 is 16.9 Å². The standard InChI is InChI=1S/C6H14N2S/c1-2-3-4-5-9-6(7)8/h2-5H2,1H3,(H3,7,8). The van der Waals surface area contributed by atoms with Gasteiger partial charge in [0, 0.05) is 5.75 Å². The third-order valence-electron chi connectivity index (χ3n) is 1.01. The van der Waals surface area contributed by atoms with Crippen molar-refractivity contribution < 1.29 is 0 Å². The van der Waals surface area contributed by atoms with Crippen LogP contribution in [0.1, 0.15) is 26.2 Å². The normalized spacial score (nSPS) is 9.44. The van der Waals surface area contributed by atoms with Gasteiger partial charge in [-0.15, -0.1) is 0 Å². The molecule has 0 aliphatic heterocycles. The molecular weight excluding hydrogens is 132 g/mol. The van der Waals surface area contributed by atoms with E-state index in [9.17, 15) is 0 Å². The van der Waals surface area contributed by atoms with Crippen molar-refractivity contribution in [1.29, 1.82) is 5.41 Å². The van der Waals surface area contributed by atoms with Crippen LogP contribution in [0.3, 0.4) is 0 Å². The maximum absolute atomic E-state index is 6.87. The van der Waals surface area contributed by atoms with Gasteiger partial charge in [0.15, 0.2) is 5.17 Å². The number of thioether (sulfide) groups is 1. The molecule has 0 saturated carbocycles. The first-order valence-corrected chi connectivity index (χ1v) is 4.22. The Morgan fingerprint density at radius 3 is 2.67 bits per heavy atom. The zero-order valence-electron chi connectivity index (χ0n) is 5.81. The number of hydrogen-bond donors (Lipinski definition) is 2. The molecule has 0 spiro atoms. The van der Waals surface area contributed by atoms with Gasteiger partial charge in [0.05, 0.1) is 0 Å². The lowest BCUT2D eigenvalue weighted by atomic mass is 10.3. The summed E-state index contributed by atoms with van der Waals surface area (Å²) in [6, 6.07) is 0. The summed E-state index contributed by atoms with van der Waals surface area (Å²) in [5, 5.41) is 7.11. The van der Waals surface area contributed by atoms with Gasteiger partial charge in [0.25, 0.3) is 0 Å². The van der Waals surface area contributed by atoms with E-state index in [-0.39, 0.29) is 5.17 Å². The summed E-state index contributed by atoms with van der Waals surface area (Å²) in [5.41, 5.74) is 5.12. The summed E-state index contributed by atoms with van der Waals surface area (Å²) in [7, 11) is 0. The molecule has 2 nitrogen and oxygen atoms in total. The molecule has 0 aromatic carbocycles. The van der Waals surface area contributed by atoms with Crippen molar-refractivity contribution in [2.75, 3.05) is 5.75 Å². The van der Waals surface area contributed by atoms with E-state index in [4.69, 9.17) is 11.1 Å². The molecule has 0 bridgehead atoms. The highest BCUT2D eigenvalue weighted by Gasteiger charge is 1.88. The molecule has 3 heteroatoms. The maximum atomic E-state index is 6.87. The van der Waals surface area contributed by atoms with Crippen molar-refractivity contribution in [3.8, 4) is 0 Å². The second-order valence-electron chi connectivity index (χ2n) is 1.92. The number of nitrogens with one attached hydrogen (secondary N) is 1. The minimum Gasteiger partial charge on any atom is -0.379 e. The second kappa shape index (κ2) is 5.95. The fourth-order valence-electron chi connectivity index (χ4n) is 0.534. The Kier molecular flexibility index (Phi) is 5.83. The Bertz CT molecular complexity index is 83.1. The van der Waals surface area contributed by atoms with Crippen LogP contribution in [0.25, 0.3) is 0 Å². The van der Waals surface area contributed by atoms with Crippen LogP contribution in [-0.4, -0.2) is 10.9 Å². The molecule has 0 rings (SSSR count). The zero-order chi connectivity index (χ0) is 7.11. The molecule has 0 aromatic rings. The number of hydrogen-bond acceptors (Lipinski definition) is 2. The predicted molar refractivity (Wildman–Crippen MR) is 43.9 cm³/mol. The molecule has 3 N–H and O–H groups in total. The highest BCUT2D eigenvalue weighted by molar-refractivity contribution is 8.13. The lowest BCUT2D eigenvalue weighted by Gasteiger charge is -1.95. The zero-order valence-corrected chi connectivity index (χ0v) is 6.63. The molecule has 0 aromatic heterocycles. The van der Waals surface area contributed by atoms with Gasteiger partial charge < -0.3 is 5.73 Å². The molecular formula is C6H14N2S. The minimum atomic E-state index is 0.242. The number of rotatable bonds is 4. The topological polar surface area (TPSA) is 49.9 Å². The van der Waals surface area contributed by atoms with E-state index in [2.05, 4.69) is 6.92 Å². The van der Waals surface area contributed by atoms with E-state index in [1.165, 1.54) is 31.0 Å². The summed E-state index contributed by atoms with van der Waals surface area (Å²) < 4.78 is 0. The van der Waals surface area contributed by atoms with Crippen LogP contribution < -0.4 is 5.73 Å². The van der Waals surface area contributed by atoms with E-state index < -0.39 is 0 Å². The average molecular weight is 146 g/mol. The second-order valence-corrected chi connectivity index (χ2v) is 3.06. The van der Waals surface area contributed by atoms with Gasteiger partial charge in [-0.3, -0.25) is 5.41 Å². The summed E-state index contributed by atoms with van der Waals surface area (Å²) in [5.74, 6) is 1.00. The molecule has 0 aliphatic carbocycles. The fraction of sp³-hybridized carbons (Fsp3) is 0.833. The SMILES string of the molecule is CCCCCSC(=N)N. The Morgan fingerprint density at radius 1 is 1.56 bits per heavy atom. The monoisotopic (exact) mass is 146 g/mol. The molecule has 0 radical (unpaired) electrons. The van der Waals surface area contributed by atoms with Gasteiger partial charge in [-0.2, -0.15) is 0 Å². The lowest BCUT2D eigenvalue weighted by molar-refractivity contribution is 0.779.